The van der Waals surface area contributed by atoms with E-state index >= 15 is 0 Å². The molecule has 9 fully saturated rings. The van der Waals surface area contributed by atoms with Gasteiger partial charge in [-0.2, -0.15) is 0 Å². The van der Waals surface area contributed by atoms with E-state index in [4.69, 9.17) is 0 Å². The molecule has 16 nitrogen and oxygen atoms in total. The van der Waals surface area contributed by atoms with Crippen molar-refractivity contribution in [1.82, 2.24) is 42.5 Å². The van der Waals surface area contributed by atoms with Crippen LogP contribution in [0.1, 0.15) is 77.0 Å². The Labute approximate surface area is 335 Å². The maximum Gasteiger partial charge on any atom is 2.00 e. The Kier molecular flexibility index (Phi) is 12.1. The SMILES string of the molecule is O=C([O-])C1C(C(=O)[O-])C(C(=O)[O-])C2C3NC4NC(NC5NC(NC6NC(NC(N3)C2C1C(=O)[O-])C1CCCCC61)C1CCCCC51)C1CCCCC41.[Co+2].[Co+2]. The normalized spacial score (nSPS) is 50.5. The summed E-state index contributed by atoms with van der Waals surface area (Å²) in [5.74, 6) is -16.1. The quantitative estimate of drug-likeness (QED) is 0.131. The summed E-state index contributed by atoms with van der Waals surface area (Å²) >= 11 is 0. The van der Waals surface area contributed by atoms with Gasteiger partial charge in [0.2, 0.25) is 0 Å². The summed E-state index contributed by atoms with van der Waals surface area (Å²) in [5, 5.41) is 81.6. The fourth-order valence-electron chi connectivity index (χ4n) is 13.4. The van der Waals surface area contributed by atoms with E-state index in [9.17, 15) is 39.6 Å². The van der Waals surface area contributed by atoms with E-state index in [1.807, 2.05) is 0 Å². The topological polar surface area (TPSA) is 257 Å². The fourth-order valence-corrected chi connectivity index (χ4v) is 13.4. The molecule has 0 amide bonds. The Bertz CT molecular complexity index is 1350. The third kappa shape index (κ3) is 6.76. The van der Waals surface area contributed by atoms with Crippen molar-refractivity contribution in [3.05, 3.63) is 0 Å². The van der Waals surface area contributed by atoms with Crippen molar-refractivity contribution < 1.29 is 73.2 Å². The number of hydrogen-bond acceptors (Lipinski definition) is 16. The predicted octanol–water partition coefficient (Wildman–Crippen LogP) is -5.50. The third-order valence-electron chi connectivity index (χ3n) is 15.4. The number of hydrogen-bond donors (Lipinski definition) is 8. The average Bonchev–Trinajstić information content (AvgIpc) is 3.86. The largest absolute Gasteiger partial charge is 2.00 e. The summed E-state index contributed by atoms with van der Waals surface area (Å²) in [6, 6.07) is 0. The van der Waals surface area contributed by atoms with E-state index in [0.717, 1.165) is 64.2 Å². The van der Waals surface area contributed by atoms with Crippen molar-refractivity contribution in [1.29, 1.82) is 0 Å². The van der Waals surface area contributed by atoms with Crippen molar-refractivity contribution >= 4 is 23.9 Å². The molecule has 0 aromatic heterocycles. The zero-order valence-corrected chi connectivity index (χ0v) is 32.0. The third-order valence-corrected chi connectivity index (χ3v) is 15.4. The minimum absolute atomic E-state index is 0. The second-order valence-corrected chi connectivity index (χ2v) is 17.5. The molecule has 4 saturated carbocycles. The molecule has 2 radical (unpaired) electrons. The van der Waals surface area contributed by atoms with Gasteiger partial charge in [0.15, 0.2) is 0 Å². The molecule has 5 saturated heterocycles. The van der Waals surface area contributed by atoms with E-state index in [1.165, 1.54) is 12.8 Å². The summed E-state index contributed by atoms with van der Waals surface area (Å²) < 4.78 is 0. The van der Waals surface area contributed by atoms with E-state index in [1.54, 1.807) is 0 Å². The molecule has 302 valence electrons. The fraction of sp³-hybridized carbons (Fsp3) is 0.889. The van der Waals surface area contributed by atoms with Crippen LogP contribution in [0.2, 0.25) is 0 Å². The molecule has 5 heterocycles. The predicted molar refractivity (Wildman–Crippen MR) is 173 cm³/mol. The number of fused-ring (bicyclic) bond motifs is 20. The van der Waals surface area contributed by atoms with E-state index < -0.39 is 71.7 Å². The van der Waals surface area contributed by atoms with Gasteiger partial charge in [0.05, 0.1) is 49.3 Å². The van der Waals surface area contributed by atoms with E-state index in [0.29, 0.717) is 11.8 Å². The summed E-state index contributed by atoms with van der Waals surface area (Å²) in [6.45, 7) is 0. The van der Waals surface area contributed by atoms with Crippen LogP contribution in [0.3, 0.4) is 0 Å². The first kappa shape index (κ1) is 40.8. The molecule has 0 spiro atoms. The van der Waals surface area contributed by atoms with Crippen LogP contribution in [0.4, 0.5) is 0 Å². The summed E-state index contributed by atoms with van der Waals surface area (Å²) in [4.78, 5) is 51.3. The Hall–Kier alpha value is -1.43. The molecule has 5 aliphatic heterocycles. The Balaban J connectivity index is 0.00000225. The maximum atomic E-state index is 13.0. The van der Waals surface area contributed by atoms with Crippen LogP contribution in [-0.2, 0) is 52.7 Å². The van der Waals surface area contributed by atoms with Gasteiger partial charge in [-0.1, -0.05) is 38.5 Å². The Morgan fingerprint density at radius 3 is 0.704 bits per heavy atom. The van der Waals surface area contributed by atoms with Gasteiger partial charge in [-0.25, -0.2) is 0 Å². The Morgan fingerprint density at radius 1 is 0.315 bits per heavy atom. The summed E-state index contributed by atoms with van der Waals surface area (Å²) in [7, 11) is 0. The number of aliphatic carboxylic acids is 4. The molecule has 0 aromatic rings. The molecule has 4 aliphatic carbocycles. The van der Waals surface area contributed by atoms with Crippen LogP contribution in [0.15, 0.2) is 0 Å². The molecule has 9 aliphatic rings. The van der Waals surface area contributed by atoms with Crippen LogP contribution in [-0.4, -0.2) is 73.2 Å². The van der Waals surface area contributed by atoms with Crippen molar-refractivity contribution in [3.63, 3.8) is 0 Å². The first-order valence-corrected chi connectivity index (χ1v) is 20.0. The smallest absolute Gasteiger partial charge is 0.550 e. The standard InChI is InChI=1S/C36H56N8O8.2Co/c45-33(46)21-19-20(22(34(47)48)24(36(51)52)23(21)35(49)50)32-43-30-18-12-6-4-10-16(18)28(41-30)39-26-14-8-2-1-7-13(14)25(37-26)38-27-15-9-3-5-11-17(15)29(40-27)42-31(19)44-32;;/h13-32,37-44H,1-12H2,(H,45,46)(H,47,48)(H,49,50)(H,51,52);;/q;2*+2/p-4. The zero-order valence-electron chi connectivity index (χ0n) is 30.0. The van der Waals surface area contributed by atoms with Crippen molar-refractivity contribution in [2.45, 2.75) is 126 Å². The second kappa shape index (κ2) is 16.1. The first-order valence-electron chi connectivity index (χ1n) is 20.0. The monoisotopic (exact) mass is 842 g/mol. The molecule has 8 bridgehead atoms. The van der Waals surface area contributed by atoms with Gasteiger partial charge in [-0.05, 0) is 74.0 Å². The van der Waals surface area contributed by atoms with Crippen molar-refractivity contribution in [2.24, 2.45) is 71.0 Å². The second-order valence-electron chi connectivity index (χ2n) is 17.5. The van der Waals surface area contributed by atoms with E-state index in [-0.39, 0.29) is 94.2 Å². The van der Waals surface area contributed by atoms with Crippen LogP contribution >= 0.6 is 0 Å². The van der Waals surface area contributed by atoms with Gasteiger partial charge in [0.1, 0.15) is 0 Å². The number of rotatable bonds is 4. The van der Waals surface area contributed by atoms with Gasteiger partial charge in [-0.15, -0.1) is 0 Å². The summed E-state index contributed by atoms with van der Waals surface area (Å²) in [6.07, 6.45) is 10.5. The number of nitrogens with one attached hydrogen (secondary N) is 8. The average molecular weight is 843 g/mol. The zero-order chi connectivity index (χ0) is 36.0. The van der Waals surface area contributed by atoms with E-state index in [2.05, 4.69) is 42.5 Å². The molecule has 8 N–H and O–H groups in total. The molecule has 20 unspecified atom stereocenters. The molecule has 54 heavy (non-hydrogen) atoms. The Morgan fingerprint density at radius 2 is 0.500 bits per heavy atom. The maximum absolute atomic E-state index is 13.0. The van der Waals surface area contributed by atoms with Crippen LogP contribution in [0, 0.1) is 71.0 Å². The van der Waals surface area contributed by atoms with Gasteiger partial charge in [-0.3, -0.25) is 42.5 Å². The molecular weight excluding hydrogens is 790 g/mol. The minimum Gasteiger partial charge on any atom is -0.550 e. The van der Waals surface area contributed by atoms with Gasteiger partial charge >= 0.3 is 33.6 Å². The number of carboxylic acids is 4. The number of carboxylic acid groups (broad SMARTS) is 4. The molecule has 18 heteroatoms. The number of carbonyl (C=O) groups is 4. The van der Waals surface area contributed by atoms with Crippen molar-refractivity contribution in [2.75, 3.05) is 0 Å². The van der Waals surface area contributed by atoms with Gasteiger partial charge < -0.3 is 39.6 Å². The minimum atomic E-state index is -2.20. The first-order chi connectivity index (χ1) is 25.1. The molecular formula is C36H52Co2N8O8. The molecule has 20 atom stereocenters. The van der Waals surface area contributed by atoms with Crippen molar-refractivity contribution in [3.8, 4) is 0 Å². The summed E-state index contributed by atoms with van der Waals surface area (Å²) in [5.41, 5.74) is 0. The molecule has 9 rings (SSSR count). The van der Waals surface area contributed by atoms with Crippen LogP contribution in [0.25, 0.3) is 0 Å². The van der Waals surface area contributed by atoms with Crippen LogP contribution in [0.5, 0.6) is 0 Å². The van der Waals surface area contributed by atoms with Crippen LogP contribution < -0.4 is 63.0 Å². The van der Waals surface area contributed by atoms with Gasteiger partial charge in [0, 0.05) is 59.4 Å². The van der Waals surface area contributed by atoms with Gasteiger partial charge in [0.25, 0.3) is 0 Å². The molecule has 0 aromatic carbocycles. The number of carbonyl (C=O) groups excluding carboxylic acids is 4.